The number of ketones is 1. The molecule has 0 spiro atoms. The molecule has 0 aliphatic carbocycles. The molecule has 0 saturated heterocycles. The molecule has 0 aromatic carbocycles. The highest BCUT2D eigenvalue weighted by Crippen LogP contribution is 2.20. The molecule has 9 heavy (non-hydrogen) atoms. The average molecular weight is 144 g/mol. The maximum atomic E-state index is 10.8. The Morgan fingerprint density at radius 3 is 1.67 bits per heavy atom. The van der Waals surface area contributed by atoms with Crippen LogP contribution in [0, 0.1) is 0 Å². The largest absolute Gasteiger partial charge is 0.300 e. The molecule has 54 valence electrons. The van der Waals surface area contributed by atoms with Crippen LogP contribution < -0.4 is 0 Å². The summed E-state index contributed by atoms with van der Waals surface area (Å²) in [5, 5.41) is 0. The third-order valence-electron chi connectivity index (χ3n) is 1.91. The molecule has 0 fully saturated rings. The highest BCUT2D eigenvalue weighted by Gasteiger charge is 2.25. The van der Waals surface area contributed by atoms with Gasteiger partial charge in [-0.25, -0.2) is 0 Å². The summed E-state index contributed by atoms with van der Waals surface area (Å²) in [6.07, 6.45) is 0. The van der Waals surface area contributed by atoms with Crippen molar-refractivity contribution in [3.05, 3.63) is 0 Å². The second-order valence-electron chi connectivity index (χ2n) is 3.70. The van der Waals surface area contributed by atoms with Crippen molar-refractivity contribution in [1.29, 1.82) is 0 Å². The highest BCUT2D eigenvalue weighted by molar-refractivity contribution is 6.80. The number of Topliss-reactive ketones (excluding diaryl/α,β-unsaturated/α-hetero) is 1. The van der Waals surface area contributed by atoms with Crippen LogP contribution in [0.25, 0.3) is 0 Å². The van der Waals surface area contributed by atoms with Crippen molar-refractivity contribution in [2.75, 3.05) is 0 Å². The molecule has 0 aliphatic rings. The molecule has 2 heteroatoms. The summed E-state index contributed by atoms with van der Waals surface area (Å²) in [4.78, 5) is 10.8. The Labute approximate surface area is 58.5 Å². The molecule has 0 bridgehead atoms. The van der Waals surface area contributed by atoms with E-state index in [1.54, 1.807) is 6.92 Å². The molecule has 0 amide bonds. The molecule has 1 atom stereocenters. The maximum absolute atomic E-state index is 10.8. The summed E-state index contributed by atoms with van der Waals surface area (Å²) in [5.41, 5.74) is 0.317. The second-order valence-corrected chi connectivity index (χ2v) is 9.30. The van der Waals surface area contributed by atoms with Crippen molar-refractivity contribution >= 4 is 13.9 Å². The number of carbonyl (C=O) groups is 1. The van der Waals surface area contributed by atoms with Gasteiger partial charge in [-0.2, -0.15) is 0 Å². The zero-order chi connectivity index (χ0) is 7.65. The first-order chi connectivity index (χ1) is 3.85. The molecule has 0 aromatic rings. The van der Waals surface area contributed by atoms with Gasteiger partial charge < -0.3 is 4.79 Å². The number of hydrogen-bond donors (Lipinski definition) is 0. The van der Waals surface area contributed by atoms with Gasteiger partial charge in [0.15, 0.2) is 0 Å². The Balaban J connectivity index is 4.04. The van der Waals surface area contributed by atoms with E-state index < -0.39 is 8.07 Å². The Bertz CT molecular complexity index is 113. The minimum absolute atomic E-state index is 0.317. The van der Waals surface area contributed by atoms with E-state index in [1.807, 2.05) is 6.92 Å². The molecule has 0 heterocycles. The fourth-order valence-corrected chi connectivity index (χ4v) is 1.83. The average Bonchev–Trinajstić information content (AvgIpc) is 1.62. The minimum Gasteiger partial charge on any atom is -0.300 e. The van der Waals surface area contributed by atoms with E-state index in [0.717, 1.165) is 0 Å². The van der Waals surface area contributed by atoms with E-state index in [2.05, 4.69) is 19.6 Å². The Hall–Kier alpha value is -0.113. The lowest BCUT2D eigenvalue weighted by molar-refractivity contribution is -0.116. The van der Waals surface area contributed by atoms with Crippen molar-refractivity contribution in [3.63, 3.8) is 0 Å². The predicted octanol–water partition coefficient (Wildman–Crippen LogP) is 2.30. The fraction of sp³-hybridized carbons (Fsp3) is 0.857. The van der Waals surface area contributed by atoms with Gasteiger partial charge in [-0.15, -0.1) is 0 Å². The third kappa shape index (κ3) is 2.80. The molecule has 1 unspecified atom stereocenters. The maximum Gasteiger partial charge on any atom is 0.129 e. The van der Waals surface area contributed by atoms with Gasteiger partial charge in [-0.1, -0.05) is 26.6 Å². The van der Waals surface area contributed by atoms with E-state index in [9.17, 15) is 4.79 Å². The van der Waals surface area contributed by atoms with Crippen molar-refractivity contribution in [3.8, 4) is 0 Å². The van der Waals surface area contributed by atoms with Crippen molar-refractivity contribution in [1.82, 2.24) is 0 Å². The predicted molar refractivity (Wildman–Crippen MR) is 43.5 cm³/mol. The molecule has 0 aromatic heterocycles. The Kier molecular flexibility index (Phi) is 2.61. The van der Waals surface area contributed by atoms with Crippen molar-refractivity contribution in [2.24, 2.45) is 0 Å². The Morgan fingerprint density at radius 2 is 1.67 bits per heavy atom. The molecular weight excluding hydrogens is 128 g/mol. The van der Waals surface area contributed by atoms with Crippen LogP contribution in [0.15, 0.2) is 0 Å². The lowest BCUT2D eigenvalue weighted by Crippen LogP contribution is -2.30. The number of hydrogen-bond acceptors (Lipinski definition) is 1. The summed E-state index contributed by atoms with van der Waals surface area (Å²) in [7, 11) is -1.17. The van der Waals surface area contributed by atoms with Gasteiger partial charge in [-0.3, -0.25) is 0 Å². The summed E-state index contributed by atoms with van der Waals surface area (Å²) in [6.45, 7) is 10.4. The van der Waals surface area contributed by atoms with Crippen LogP contribution in [-0.2, 0) is 4.79 Å². The first-order valence-corrected chi connectivity index (χ1v) is 6.94. The first-order valence-electron chi connectivity index (χ1n) is 3.36. The van der Waals surface area contributed by atoms with Gasteiger partial charge in [0.25, 0.3) is 0 Å². The van der Waals surface area contributed by atoms with Crippen LogP contribution in [-0.4, -0.2) is 13.9 Å². The third-order valence-corrected chi connectivity index (χ3v) is 4.91. The van der Waals surface area contributed by atoms with Gasteiger partial charge in [0, 0.05) is 5.54 Å². The molecular formula is C7H16OSi. The smallest absolute Gasteiger partial charge is 0.129 e. The topological polar surface area (TPSA) is 17.1 Å². The highest BCUT2D eigenvalue weighted by atomic mass is 28.3. The normalized spacial score (nSPS) is 15.2. The molecule has 0 saturated carbocycles. The van der Waals surface area contributed by atoms with Crippen molar-refractivity contribution < 1.29 is 4.79 Å². The van der Waals surface area contributed by atoms with Crippen LogP contribution in [0.3, 0.4) is 0 Å². The van der Waals surface area contributed by atoms with Gasteiger partial charge >= 0.3 is 0 Å². The number of carbonyl (C=O) groups excluding carboxylic acids is 1. The van der Waals surface area contributed by atoms with E-state index in [0.29, 0.717) is 11.3 Å². The van der Waals surface area contributed by atoms with Crippen molar-refractivity contribution in [2.45, 2.75) is 39.0 Å². The van der Waals surface area contributed by atoms with Crippen LogP contribution in [0.1, 0.15) is 13.8 Å². The van der Waals surface area contributed by atoms with E-state index in [-0.39, 0.29) is 0 Å². The molecule has 1 nitrogen and oxygen atoms in total. The first kappa shape index (κ1) is 8.89. The standard InChI is InChI=1S/C7H16OSi/c1-6(8)7(2)9(3,4)5/h7H,1-5H3. The van der Waals surface area contributed by atoms with Crippen LogP contribution >= 0.6 is 0 Å². The van der Waals surface area contributed by atoms with E-state index in [4.69, 9.17) is 0 Å². The lowest BCUT2D eigenvalue weighted by atomic mass is 10.3. The Morgan fingerprint density at radius 1 is 1.33 bits per heavy atom. The van der Waals surface area contributed by atoms with Gasteiger partial charge in [0.2, 0.25) is 0 Å². The van der Waals surface area contributed by atoms with E-state index in [1.165, 1.54) is 0 Å². The zero-order valence-corrected chi connectivity index (χ0v) is 7.99. The fourth-order valence-electron chi connectivity index (χ4n) is 0.610. The van der Waals surface area contributed by atoms with Gasteiger partial charge in [-0.05, 0) is 6.92 Å². The van der Waals surface area contributed by atoms with Crippen LogP contribution in [0.2, 0.25) is 25.2 Å². The van der Waals surface area contributed by atoms with Gasteiger partial charge in [0.05, 0.1) is 8.07 Å². The van der Waals surface area contributed by atoms with Crippen LogP contribution in [0.5, 0.6) is 0 Å². The molecule has 0 radical (unpaired) electrons. The summed E-state index contributed by atoms with van der Waals surface area (Å²) in [5.74, 6) is 0.342. The molecule has 0 N–H and O–H groups in total. The molecule has 0 rings (SSSR count). The zero-order valence-electron chi connectivity index (χ0n) is 6.99. The lowest BCUT2D eigenvalue weighted by Gasteiger charge is -2.21. The number of rotatable bonds is 2. The quantitative estimate of drug-likeness (QED) is 0.543. The summed E-state index contributed by atoms with van der Waals surface area (Å²) >= 11 is 0. The van der Waals surface area contributed by atoms with Crippen LogP contribution in [0.4, 0.5) is 0 Å². The summed E-state index contributed by atoms with van der Waals surface area (Å²) < 4.78 is 0. The SMILES string of the molecule is CC(=O)C(C)[Si](C)(C)C. The minimum atomic E-state index is -1.17. The van der Waals surface area contributed by atoms with Gasteiger partial charge in [0.1, 0.15) is 5.78 Å². The second kappa shape index (κ2) is 2.65. The molecule has 0 aliphatic heterocycles. The monoisotopic (exact) mass is 144 g/mol. The summed E-state index contributed by atoms with van der Waals surface area (Å²) in [6, 6.07) is 0. The van der Waals surface area contributed by atoms with E-state index >= 15 is 0 Å².